The van der Waals surface area contributed by atoms with Crippen LogP contribution in [0.25, 0.3) is 0 Å². The summed E-state index contributed by atoms with van der Waals surface area (Å²) in [6, 6.07) is 0.452. The average Bonchev–Trinajstić information content (AvgIpc) is 2.42. The van der Waals surface area contributed by atoms with Crippen LogP contribution in [-0.2, 0) is 4.79 Å². The molecule has 0 saturated carbocycles. The Labute approximate surface area is 116 Å². The lowest BCUT2D eigenvalue weighted by atomic mass is 10.1. The van der Waals surface area contributed by atoms with E-state index in [1.807, 2.05) is 0 Å². The molecule has 1 heterocycles. The van der Waals surface area contributed by atoms with Gasteiger partial charge in [0.25, 0.3) is 0 Å². The van der Waals surface area contributed by atoms with Crippen LogP contribution >= 0.6 is 0 Å². The lowest BCUT2D eigenvalue weighted by Gasteiger charge is -2.38. The highest BCUT2D eigenvalue weighted by Gasteiger charge is 2.21. The van der Waals surface area contributed by atoms with E-state index in [4.69, 9.17) is 5.84 Å². The van der Waals surface area contributed by atoms with Crippen LogP contribution in [0.1, 0.15) is 19.8 Å². The molecule has 112 valence electrons. The first-order valence-electron chi connectivity index (χ1n) is 7.13. The van der Waals surface area contributed by atoms with Crippen molar-refractivity contribution in [1.82, 2.24) is 20.1 Å². The summed E-state index contributed by atoms with van der Waals surface area (Å²) >= 11 is 0. The number of nitrogens with zero attached hydrogens (tertiary/aromatic N) is 3. The predicted octanol–water partition coefficient (Wildman–Crippen LogP) is -0.676. The van der Waals surface area contributed by atoms with Crippen LogP contribution in [0.4, 0.5) is 0 Å². The summed E-state index contributed by atoms with van der Waals surface area (Å²) in [6.45, 7) is 8.90. The fourth-order valence-corrected chi connectivity index (χ4v) is 2.36. The minimum Gasteiger partial charge on any atom is -0.308 e. The zero-order valence-electron chi connectivity index (χ0n) is 12.6. The van der Waals surface area contributed by atoms with Crippen molar-refractivity contribution in [2.24, 2.45) is 5.84 Å². The molecule has 0 radical (unpaired) electrons. The van der Waals surface area contributed by atoms with Gasteiger partial charge in [0.15, 0.2) is 0 Å². The minimum absolute atomic E-state index is 0.0727. The minimum atomic E-state index is -0.0727. The van der Waals surface area contributed by atoms with Gasteiger partial charge < -0.3 is 4.90 Å². The second-order valence-electron chi connectivity index (χ2n) is 5.64. The number of hydrogen-bond acceptors (Lipinski definition) is 5. The molecule has 0 spiro atoms. The van der Waals surface area contributed by atoms with Gasteiger partial charge in [0.2, 0.25) is 5.91 Å². The normalized spacial score (nSPS) is 19.6. The number of piperazine rings is 1. The molecule has 19 heavy (non-hydrogen) atoms. The van der Waals surface area contributed by atoms with E-state index in [0.29, 0.717) is 12.5 Å². The van der Waals surface area contributed by atoms with Crippen molar-refractivity contribution in [3.05, 3.63) is 0 Å². The van der Waals surface area contributed by atoms with E-state index >= 15 is 0 Å². The number of rotatable bonds is 7. The van der Waals surface area contributed by atoms with Crippen LogP contribution in [0.3, 0.4) is 0 Å². The molecule has 0 aromatic carbocycles. The molecule has 1 aliphatic rings. The molecule has 3 N–H and O–H groups in total. The van der Waals surface area contributed by atoms with Crippen LogP contribution in [0.2, 0.25) is 0 Å². The standard InChI is InChI=1S/C13H29N5O/c1-12(4-5-13(19)15-14)18-10-8-17(9-11-18)7-6-16(2)3/h12H,4-11,14H2,1-3H3,(H,15,19). The molecule has 6 nitrogen and oxygen atoms in total. The first-order valence-corrected chi connectivity index (χ1v) is 7.13. The SMILES string of the molecule is CC(CCC(=O)NN)N1CCN(CCN(C)C)CC1. The number of nitrogens with one attached hydrogen (secondary N) is 1. The van der Waals surface area contributed by atoms with Crippen LogP contribution in [0, 0.1) is 0 Å². The predicted molar refractivity (Wildman–Crippen MR) is 77.6 cm³/mol. The second kappa shape index (κ2) is 8.47. The number of carbonyl (C=O) groups excluding carboxylic acids is 1. The van der Waals surface area contributed by atoms with Crippen molar-refractivity contribution in [2.45, 2.75) is 25.8 Å². The quantitative estimate of drug-likeness (QED) is 0.365. The molecular weight excluding hydrogens is 242 g/mol. The van der Waals surface area contributed by atoms with Gasteiger partial charge in [-0.25, -0.2) is 5.84 Å². The number of amides is 1. The molecule has 0 aliphatic carbocycles. The van der Waals surface area contributed by atoms with E-state index in [1.54, 1.807) is 0 Å². The van der Waals surface area contributed by atoms with Crippen LogP contribution in [0.15, 0.2) is 0 Å². The Kier molecular flexibility index (Phi) is 7.30. The maximum absolute atomic E-state index is 11.1. The van der Waals surface area contributed by atoms with Gasteiger partial charge in [0, 0.05) is 51.7 Å². The Morgan fingerprint density at radius 1 is 1.32 bits per heavy atom. The molecule has 1 aliphatic heterocycles. The van der Waals surface area contributed by atoms with Crippen LogP contribution < -0.4 is 11.3 Å². The summed E-state index contributed by atoms with van der Waals surface area (Å²) in [4.78, 5) is 18.3. The molecule has 6 heteroatoms. The van der Waals surface area contributed by atoms with Gasteiger partial charge in [-0.3, -0.25) is 20.0 Å². The van der Waals surface area contributed by atoms with Gasteiger partial charge in [0.05, 0.1) is 0 Å². The molecule has 1 atom stereocenters. The van der Waals surface area contributed by atoms with Gasteiger partial charge in [-0.2, -0.15) is 0 Å². The Balaban J connectivity index is 2.19. The van der Waals surface area contributed by atoms with Crippen molar-refractivity contribution in [3.63, 3.8) is 0 Å². The second-order valence-corrected chi connectivity index (χ2v) is 5.64. The van der Waals surface area contributed by atoms with Gasteiger partial charge in [-0.15, -0.1) is 0 Å². The van der Waals surface area contributed by atoms with Crippen molar-refractivity contribution < 1.29 is 4.79 Å². The van der Waals surface area contributed by atoms with E-state index < -0.39 is 0 Å². The fraction of sp³-hybridized carbons (Fsp3) is 0.923. The van der Waals surface area contributed by atoms with Crippen molar-refractivity contribution in [1.29, 1.82) is 0 Å². The lowest BCUT2D eigenvalue weighted by Crippen LogP contribution is -2.50. The molecular formula is C13H29N5O. The monoisotopic (exact) mass is 271 g/mol. The first-order chi connectivity index (χ1) is 9.02. The third-order valence-electron chi connectivity index (χ3n) is 3.84. The van der Waals surface area contributed by atoms with E-state index in [-0.39, 0.29) is 5.91 Å². The van der Waals surface area contributed by atoms with E-state index in [1.165, 1.54) is 0 Å². The summed E-state index contributed by atoms with van der Waals surface area (Å²) in [5, 5.41) is 0. The largest absolute Gasteiger partial charge is 0.308 e. The Bertz CT molecular complexity index is 264. The topological polar surface area (TPSA) is 64.8 Å². The van der Waals surface area contributed by atoms with E-state index in [2.05, 4.69) is 41.1 Å². The fourth-order valence-electron chi connectivity index (χ4n) is 2.36. The maximum atomic E-state index is 11.1. The number of hydrazine groups is 1. The highest BCUT2D eigenvalue weighted by atomic mass is 16.2. The summed E-state index contributed by atoms with van der Waals surface area (Å²) in [5.41, 5.74) is 2.19. The Hall–Kier alpha value is -0.690. The lowest BCUT2D eigenvalue weighted by molar-refractivity contribution is -0.121. The van der Waals surface area contributed by atoms with Crippen molar-refractivity contribution in [3.8, 4) is 0 Å². The average molecular weight is 271 g/mol. The van der Waals surface area contributed by atoms with Crippen LogP contribution in [0.5, 0.6) is 0 Å². The molecule has 1 amide bonds. The highest BCUT2D eigenvalue weighted by Crippen LogP contribution is 2.10. The summed E-state index contributed by atoms with van der Waals surface area (Å²) in [6.07, 6.45) is 1.39. The molecule has 1 unspecified atom stereocenters. The van der Waals surface area contributed by atoms with E-state index in [0.717, 1.165) is 45.7 Å². The molecule has 0 aromatic rings. The third-order valence-corrected chi connectivity index (χ3v) is 3.84. The smallest absolute Gasteiger partial charge is 0.233 e. The van der Waals surface area contributed by atoms with Gasteiger partial charge >= 0.3 is 0 Å². The van der Waals surface area contributed by atoms with Gasteiger partial charge in [-0.1, -0.05) is 0 Å². The molecule has 1 rings (SSSR count). The Morgan fingerprint density at radius 3 is 2.47 bits per heavy atom. The highest BCUT2D eigenvalue weighted by molar-refractivity contribution is 5.75. The first kappa shape index (κ1) is 16.4. The van der Waals surface area contributed by atoms with E-state index in [9.17, 15) is 4.79 Å². The third kappa shape index (κ3) is 6.33. The van der Waals surface area contributed by atoms with Gasteiger partial charge in [0.1, 0.15) is 0 Å². The van der Waals surface area contributed by atoms with Crippen LogP contribution in [-0.4, -0.2) is 80.0 Å². The zero-order chi connectivity index (χ0) is 14.3. The summed E-state index contributed by atoms with van der Waals surface area (Å²) in [5.74, 6) is 5.02. The maximum Gasteiger partial charge on any atom is 0.233 e. The molecule has 1 saturated heterocycles. The number of nitrogens with two attached hydrogens (primary N) is 1. The number of carbonyl (C=O) groups is 1. The molecule has 0 bridgehead atoms. The molecule has 1 fully saturated rings. The zero-order valence-corrected chi connectivity index (χ0v) is 12.6. The van der Waals surface area contributed by atoms with Crippen molar-refractivity contribution >= 4 is 5.91 Å². The van der Waals surface area contributed by atoms with Gasteiger partial charge in [-0.05, 0) is 27.4 Å². The molecule has 0 aromatic heterocycles. The summed E-state index contributed by atoms with van der Waals surface area (Å²) in [7, 11) is 4.22. The van der Waals surface area contributed by atoms with Crippen molar-refractivity contribution in [2.75, 3.05) is 53.4 Å². The Morgan fingerprint density at radius 2 is 1.95 bits per heavy atom. The number of hydrogen-bond donors (Lipinski definition) is 2. The number of likely N-dealkylation sites (N-methyl/N-ethyl adjacent to an activating group) is 1. The summed E-state index contributed by atoms with van der Waals surface area (Å²) < 4.78 is 0.